The van der Waals surface area contributed by atoms with Crippen LogP contribution < -0.4 is 0 Å². The van der Waals surface area contributed by atoms with Crippen molar-refractivity contribution in [1.82, 2.24) is 0 Å². The summed E-state index contributed by atoms with van der Waals surface area (Å²) in [6.07, 6.45) is 0.156. The third kappa shape index (κ3) is 6.75. The SMILES string of the molecule is OCCC(O)(CSCC(O)(CCO)c1ccc(-c2ccccc2F)cc1)c1ccc(-c2ccccc2F)cc1. The van der Waals surface area contributed by atoms with Gasteiger partial charge in [-0.1, -0.05) is 84.9 Å². The van der Waals surface area contributed by atoms with Gasteiger partial charge in [0.1, 0.15) is 22.8 Å². The highest BCUT2D eigenvalue weighted by molar-refractivity contribution is 7.99. The van der Waals surface area contributed by atoms with Crippen molar-refractivity contribution in [1.29, 1.82) is 0 Å². The minimum Gasteiger partial charge on any atom is -0.396 e. The van der Waals surface area contributed by atoms with Crippen LogP contribution in [-0.2, 0) is 11.2 Å². The number of hydrogen-bond donors (Lipinski definition) is 4. The van der Waals surface area contributed by atoms with Gasteiger partial charge in [0, 0.05) is 48.7 Å². The van der Waals surface area contributed by atoms with Gasteiger partial charge in [0.05, 0.1) is 0 Å². The molecule has 2 atom stereocenters. The third-order valence-electron chi connectivity index (χ3n) is 6.95. The van der Waals surface area contributed by atoms with Crippen molar-refractivity contribution in [2.45, 2.75) is 24.0 Å². The lowest BCUT2D eigenvalue weighted by molar-refractivity contribution is 0.0298. The Morgan fingerprint density at radius 3 is 1.23 bits per heavy atom. The molecular weight excluding hydrogens is 518 g/mol. The molecular formula is C32H32F2O4S. The minimum atomic E-state index is -1.39. The van der Waals surface area contributed by atoms with Gasteiger partial charge >= 0.3 is 0 Å². The highest BCUT2D eigenvalue weighted by Crippen LogP contribution is 2.36. The zero-order valence-electron chi connectivity index (χ0n) is 21.4. The molecule has 0 fully saturated rings. The lowest BCUT2D eigenvalue weighted by Gasteiger charge is -2.32. The predicted octanol–water partition coefficient (Wildman–Crippen LogP) is 5.87. The molecule has 4 nitrogen and oxygen atoms in total. The third-order valence-corrected chi connectivity index (χ3v) is 8.31. The number of rotatable bonds is 12. The topological polar surface area (TPSA) is 80.9 Å². The van der Waals surface area contributed by atoms with Crippen LogP contribution in [0.4, 0.5) is 8.78 Å². The monoisotopic (exact) mass is 550 g/mol. The highest BCUT2D eigenvalue weighted by atomic mass is 32.2. The number of aliphatic hydroxyl groups excluding tert-OH is 2. The van der Waals surface area contributed by atoms with Crippen LogP contribution in [0.1, 0.15) is 24.0 Å². The molecule has 0 saturated carbocycles. The number of hydrogen-bond acceptors (Lipinski definition) is 5. The van der Waals surface area contributed by atoms with Crippen molar-refractivity contribution in [3.63, 3.8) is 0 Å². The second-order valence-corrected chi connectivity index (χ2v) is 10.6. The Hall–Kier alpha value is -3.07. The molecule has 0 radical (unpaired) electrons. The summed E-state index contributed by atoms with van der Waals surface area (Å²) < 4.78 is 28.4. The van der Waals surface area contributed by atoms with E-state index in [0.717, 1.165) is 0 Å². The molecule has 0 aliphatic heterocycles. The van der Waals surface area contributed by atoms with Gasteiger partial charge in [-0.25, -0.2) is 8.78 Å². The van der Waals surface area contributed by atoms with Crippen LogP contribution in [0.2, 0.25) is 0 Å². The van der Waals surface area contributed by atoms with Crippen molar-refractivity contribution in [3.8, 4) is 22.3 Å². The smallest absolute Gasteiger partial charge is 0.131 e. The quantitative estimate of drug-likeness (QED) is 0.177. The highest BCUT2D eigenvalue weighted by Gasteiger charge is 2.33. The standard InChI is InChI=1S/C32H32F2O4S/c33-29-7-3-1-5-27(29)23-9-13-25(14-10-23)31(37,17-19-35)21-39-22-32(38,18-20-36)26-15-11-24(12-16-26)28-6-2-4-8-30(28)34/h1-16,35-38H,17-22H2. The first-order valence-corrected chi connectivity index (χ1v) is 13.9. The fraction of sp³-hybridized carbons (Fsp3) is 0.250. The van der Waals surface area contributed by atoms with Crippen LogP contribution in [0, 0.1) is 11.6 Å². The summed E-state index contributed by atoms with van der Waals surface area (Å²) >= 11 is 1.30. The van der Waals surface area contributed by atoms with Crippen molar-refractivity contribution < 1.29 is 29.2 Å². The van der Waals surface area contributed by atoms with E-state index in [9.17, 15) is 29.2 Å². The zero-order valence-corrected chi connectivity index (χ0v) is 22.2. The Balaban J connectivity index is 1.49. The summed E-state index contributed by atoms with van der Waals surface area (Å²) in [6.45, 7) is -0.491. The van der Waals surface area contributed by atoms with Crippen molar-refractivity contribution in [2.75, 3.05) is 24.7 Å². The molecule has 4 aromatic carbocycles. The summed E-state index contributed by atoms with van der Waals surface area (Å²) in [5.41, 5.74) is 0.634. The van der Waals surface area contributed by atoms with Crippen LogP contribution in [0.15, 0.2) is 97.1 Å². The summed E-state index contributed by atoms with van der Waals surface area (Å²) in [7, 11) is 0. The second-order valence-electron chi connectivity index (χ2n) is 9.62. The molecule has 0 heterocycles. The van der Waals surface area contributed by atoms with E-state index < -0.39 is 11.2 Å². The number of benzene rings is 4. The number of halogens is 2. The molecule has 2 unspecified atom stereocenters. The largest absolute Gasteiger partial charge is 0.396 e. The van der Waals surface area contributed by atoms with Crippen LogP contribution >= 0.6 is 11.8 Å². The van der Waals surface area contributed by atoms with E-state index in [0.29, 0.717) is 33.4 Å². The zero-order chi connectivity index (χ0) is 27.9. The Bertz CT molecular complexity index is 1260. The lowest BCUT2D eigenvalue weighted by atomic mass is 9.90. The van der Waals surface area contributed by atoms with Gasteiger partial charge in [-0.2, -0.15) is 11.8 Å². The van der Waals surface area contributed by atoms with E-state index in [1.165, 1.54) is 23.9 Å². The summed E-state index contributed by atoms with van der Waals surface area (Å²) in [4.78, 5) is 0. The normalized spacial score (nSPS) is 14.5. The van der Waals surface area contributed by atoms with Crippen molar-refractivity contribution in [2.24, 2.45) is 0 Å². The molecule has 4 aromatic rings. The average Bonchev–Trinajstić information content (AvgIpc) is 2.94. The molecule has 0 aromatic heterocycles. The lowest BCUT2D eigenvalue weighted by Crippen LogP contribution is -2.34. The first-order chi connectivity index (χ1) is 18.8. The molecule has 4 rings (SSSR count). The second kappa shape index (κ2) is 12.9. The summed E-state index contributed by atoms with van der Waals surface area (Å²) in [5.74, 6) is -0.325. The van der Waals surface area contributed by atoms with E-state index in [-0.39, 0.29) is 49.2 Å². The first-order valence-electron chi connectivity index (χ1n) is 12.7. The summed E-state index contributed by atoms with van der Waals surface area (Å²) in [5, 5.41) is 42.3. The van der Waals surface area contributed by atoms with Gasteiger partial charge < -0.3 is 20.4 Å². The van der Waals surface area contributed by atoms with Gasteiger partial charge in [-0.3, -0.25) is 0 Å². The molecule has 39 heavy (non-hydrogen) atoms. The molecule has 0 aliphatic rings. The van der Waals surface area contributed by atoms with Gasteiger partial charge in [0.15, 0.2) is 0 Å². The molecule has 0 aliphatic carbocycles. The first kappa shape index (κ1) is 28.9. The molecule has 0 amide bonds. The Morgan fingerprint density at radius 2 is 0.897 bits per heavy atom. The van der Waals surface area contributed by atoms with Gasteiger partial charge in [0.25, 0.3) is 0 Å². The molecule has 204 valence electrons. The fourth-order valence-corrected chi connectivity index (χ4v) is 6.07. The van der Waals surface area contributed by atoms with Crippen LogP contribution in [-0.4, -0.2) is 45.1 Å². The Labute approximate surface area is 231 Å². The Morgan fingerprint density at radius 1 is 0.538 bits per heavy atom. The maximum Gasteiger partial charge on any atom is 0.131 e. The van der Waals surface area contributed by atoms with Gasteiger partial charge in [0.2, 0.25) is 0 Å². The average molecular weight is 551 g/mol. The maximum atomic E-state index is 14.2. The Kier molecular flexibility index (Phi) is 9.53. The minimum absolute atomic E-state index is 0.0782. The van der Waals surface area contributed by atoms with Gasteiger partial charge in [-0.05, 0) is 34.4 Å². The summed E-state index contributed by atoms with van der Waals surface area (Å²) in [6, 6.07) is 26.7. The number of aliphatic hydroxyl groups is 4. The molecule has 0 spiro atoms. The predicted molar refractivity (Wildman–Crippen MR) is 152 cm³/mol. The van der Waals surface area contributed by atoms with E-state index in [1.807, 2.05) is 0 Å². The maximum absolute atomic E-state index is 14.2. The van der Waals surface area contributed by atoms with E-state index in [4.69, 9.17) is 0 Å². The van der Waals surface area contributed by atoms with E-state index in [2.05, 4.69) is 0 Å². The van der Waals surface area contributed by atoms with Crippen LogP contribution in [0.25, 0.3) is 22.3 Å². The van der Waals surface area contributed by atoms with Crippen molar-refractivity contribution in [3.05, 3.63) is 120 Å². The molecule has 7 heteroatoms. The number of thioether (sulfide) groups is 1. The molecule has 0 bridgehead atoms. The molecule has 0 saturated heterocycles. The van der Waals surface area contributed by atoms with E-state index in [1.54, 1.807) is 84.9 Å². The van der Waals surface area contributed by atoms with Gasteiger partial charge in [-0.15, -0.1) is 0 Å². The van der Waals surface area contributed by atoms with Crippen LogP contribution in [0.5, 0.6) is 0 Å². The molecule has 4 N–H and O–H groups in total. The van der Waals surface area contributed by atoms with Crippen molar-refractivity contribution >= 4 is 11.8 Å². The van der Waals surface area contributed by atoms with Crippen LogP contribution in [0.3, 0.4) is 0 Å². The van der Waals surface area contributed by atoms with E-state index >= 15 is 0 Å². The fourth-order valence-electron chi connectivity index (χ4n) is 4.67.